The molecule has 0 atom stereocenters. The molecule has 0 aliphatic heterocycles. The first kappa shape index (κ1) is 18.0. The number of nitrogens with zero attached hydrogens (tertiary/aromatic N) is 1. The van der Waals surface area contributed by atoms with Crippen LogP contribution in [0.5, 0.6) is 5.75 Å². The van der Waals surface area contributed by atoms with Crippen LogP contribution in [0.15, 0.2) is 59.6 Å². The molecule has 3 rings (SSSR count). The molecule has 2 aromatic carbocycles. The van der Waals surface area contributed by atoms with Crippen LogP contribution in [0.4, 0.5) is 5.69 Å². The number of hydrogen-bond acceptors (Lipinski definition) is 4. The van der Waals surface area contributed by atoms with E-state index in [1.807, 2.05) is 43.5 Å². The predicted molar refractivity (Wildman–Crippen MR) is 101 cm³/mol. The number of hydrogen-bond donors (Lipinski definition) is 2. The average molecular weight is 372 g/mol. The molecule has 3 N–H and O–H groups in total. The van der Waals surface area contributed by atoms with Gasteiger partial charge in [0.1, 0.15) is 10.6 Å². The Kier molecular flexibility index (Phi) is 4.76. The van der Waals surface area contributed by atoms with Gasteiger partial charge in [-0.15, -0.1) is 0 Å². The Bertz CT molecular complexity index is 1040. The highest BCUT2D eigenvalue weighted by Gasteiger charge is 2.20. The van der Waals surface area contributed by atoms with Crippen LogP contribution < -0.4 is 10.5 Å². The monoisotopic (exact) mass is 372 g/mol. The van der Waals surface area contributed by atoms with E-state index < -0.39 is 10.1 Å². The standard InChI is InChI=1S/C19H20N2O4S/c1-3-13-10-18(14-4-7-16(25-2)8-5-14)21(12-13)17-9-6-15(20)11-19(17)26(22,23)24/h4-12H,3,20H2,1-2H3,(H,22,23,24). The molecule has 0 saturated heterocycles. The molecule has 0 fully saturated rings. The predicted octanol–water partition coefficient (Wildman–Crippen LogP) is 3.54. The van der Waals surface area contributed by atoms with Crippen molar-refractivity contribution in [2.75, 3.05) is 12.8 Å². The second-order valence-electron chi connectivity index (χ2n) is 5.89. The zero-order chi connectivity index (χ0) is 18.9. The maximum absolute atomic E-state index is 11.9. The van der Waals surface area contributed by atoms with Crippen LogP contribution in [0.3, 0.4) is 0 Å². The van der Waals surface area contributed by atoms with Crippen molar-refractivity contribution < 1.29 is 17.7 Å². The van der Waals surface area contributed by atoms with Gasteiger partial charge in [0, 0.05) is 11.9 Å². The Labute approximate surface area is 152 Å². The molecular formula is C19H20N2O4S. The van der Waals surface area contributed by atoms with E-state index >= 15 is 0 Å². The summed E-state index contributed by atoms with van der Waals surface area (Å²) in [5, 5.41) is 0. The molecule has 0 amide bonds. The number of nitrogens with two attached hydrogens (primary N) is 1. The molecular weight excluding hydrogens is 352 g/mol. The Morgan fingerprint density at radius 3 is 2.38 bits per heavy atom. The van der Waals surface area contributed by atoms with Crippen LogP contribution in [-0.4, -0.2) is 24.6 Å². The van der Waals surface area contributed by atoms with Crippen molar-refractivity contribution in [3.63, 3.8) is 0 Å². The summed E-state index contributed by atoms with van der Waals surface area (Å²) in [5.41, 5.74) is 9.05. The van der Waals surface area contributed by atoms with E-state index in [9.17, 15) is 13.0 Å². The second kappa shape index (κ2) is 6.86. The summed E-state index contributed by atoms with van der Waals surface area (Å²) in [5.74, 6) is 0.730. The third kappa shape index (κ3) is 3.44. The summed E-state index contributed by atoms with van der Waals surface area (Å²) in [7, 11) is -2.84. The van der Waals surface area contributed by atoms with Gasteiger partial charge in [0.15, 0.2) is 0 Å². The van der Waals surface area contributed by atoms with Crippen LogP contribution >= 0.6 is 0 Å². The number of ether oxygens (including phenoxy) is 1. The van der Waals surface area contributed by atoms with E-state index in [1.165, 1.54) is 6.07 Å². The average Bonchev–Trinajstić information content (AvgIpc) is 3.05. The fourth-order valence-electron chi connectivity index (χ4n) is 2.83. The first-order valence-corrected chi connectivity index (χ1v) is 9.50. The molecule has 0 saturated carbocycles. The fourth-order valence-corrected chi connectivity index (χ4v) is 3.55. The zero-order valence-electron chi connectivity index (χ0n) is 14.5. The van der Waals surface area contributed by atoms with Gasteiger partial charge in [0.05, 0.1) is 18.5 Å². The topological polar surface area (TPSA) is 94.5 Å². The lowest BCUT2D eigenvalue weighted by molar-refractivity contribution is 0.415. The molecule has 1 heterocycles. The summed E-state index contributed by atoms with van der Waals surface area (Å²) in [6.45, 7) is 2.02. The minimum Gasteiger partial charge on any atom is -0.497 e. The van der Waals surface area contributed by atoms with Crippen molar-refractivity contribution >= 4 is 15.8 Å². The molecule has 0 bridgehead atoms. The summed E-state index contributed by atoms with van der Waals surface area (Å²) >= 11 is 0. The third-order valence-electron chi connectivity index (χ3n) is 4.19. The minimum absolute atomic E-state index is 0.231. The summed E-state index contributed by atoms with van der Waals surface area (Å²) in [4.78, 5) is -0.231. The molecule has 0 aliphatic rings. The molecule has 6 nitrogen and oxygen atoms in total. The number of anilines is 1. The van der Waals surface area contributed by atoms with Crippen molar-refractivity contribution in [3.05, 3.63) is 60.3 Å². The molecule has 136 valence electrons. The second-order valence-corrected chi connectivity index (χ2v) is 7.28. The number of rotatable bonds is 5. The van der Waals surface area contributed by atoms with Crippen LogP contribution in [-0.2, 0) is 16.5 Å². The first-order valence-electron chi connectivity index (χ1n) is 8.06. The van der Waals surface area contributed by atoms with Crippen molar-refractivity contribution in [2.45, 2.75) is 18.2 Å². The lowest BCUT2D eigenvalue weighted by atomic mass is 10.1. The van der Waals surface area contributed by atoms with Crippen LogP contribution in [0, 0.1) is 0 Å². The number of aryl methyl sites for hydroxylation is 1. The highest BCUT2D eigenvalue weighted by Crippen LogP contribution is 2.31. The number of aromatic nitrogens is 1. The van der Waals surface area contributed by atoms with Gasteiger partial charge in [-0.1, -0.05) is 6.92 Å². The number of nitrogen functional groups attached to an aromatic ring is 1. The van der Waals surface area contributed by atoms with Gasteiger partial charge in [-0.05, 0) is 66.1 Å². The van der Waals surface area contributed by atoms with Crippen molar-refractivity contribution in [1.29, 1.82) is 0 Å². The lowest BCUT2D eigenvalue weighted by Gasteiger charge is -2.14. The maximum atomic E-state index is 11.9. The number of methoxy groups -OCH3 is 1. The normalized spacial score (nSPS) is 11.5. The molecule has 0 radical (unpaired) electrons. The Morgan fingerprint density at radius 2 is 1.81 bits per heavy atom. The molecule has 1 aromatic heterocycles. The quantitative estimate of drug-likeness (QED) is 0.528. The van der Waals surface area contributed by atoms with Crippen LogP contribution in [0.1, 0.15) is 12.5 Å². The molecule has 0 aliphatic carbocycles. The van der Waals surface area contributed by atoms with Crippen molar-refractivity contribution in [1.82, 2.24) is 4.57 Å². The van der Waals surface area contributed by atoms with E-state index in [-0.39, 0.29) is 10.6 Å². The van der Waals surface area contributed by atoms with E-state index in [4.69, 9.17) is 10.5 Å². The maximum Gasteiger partial charge on any atom is 0.296 e. The van der Waals surface area contributed by atoms with Gasteiger partial charge in [0.2, 0.25) is 0 Å². The third-order valence-corrected chi connectivity index (χ3v) is 5.07. The smallest absolute Gasteiger partial charge is 0.296 e. The molecule has 3 aromatic rings. The summed E-state index contributed by atoms with van der Waals surface area (Å²) < 4.78 is 40.3. The Hall–Kier alpha value is -2.77. The van der Waals surface area contributed by atoms with Gasteiger partial charge in [-0.25, -0.2) is 0 Å². The summed E-state index contributed by atoms with van der Waals surface area (Å²) in [6.07, 6.45) is 2.64. The number of benzene rings is 2. The lowest BCUT2D eigenvalue weighted by Crippen LogP contribution is -2.07. The van der Waals surface area contributed by atoms with Gasteiger partial charge >= 0.3 is 0 Å². The van der Waals surface area contributed by atoms with Gasteiger partial charge in [-0.2, -0.15) is 8.42 Å². The van der Waals surface area contributed by atoms with Crippen LogP contribution in [0.2, 0.25) is 0 Å². The fraction of sp³-hybridized carbons (Fsp3) is 0.158. The van der Waals surface area contributed by atoms with Gasteiger partial charge < -0.3 is 15.0 Å². The van der Waals surface area contributed by atoms with E-state index in [0.29, 0.717) is 5.69 Å². The largest absolute Gasteiger partial charge is 0.497 e. The van der Waals surface area contributed by atoms with E-state index in [2.05, 4.69) is 0 Å². The van der Waals surface area contributed by atoms with Crippen molar-refractivity contribution in [2.24, 2.45) is 0 Å². The highest BCUT2D eigenvalue weighted by molar-refractivity contribution is 7.86. The van der Waals surface area contributed by atoms with Gasteiger partial charge in [0.25, 0.3) is 10.1 Å². The molecule has 26 heavy (non-hydrogen) atoms. The van der Waals surface area contributed by atoms with Crippen molar-refractivity contribution in [3.8, 4) is 22.7 Å². The van der Waals surface area contributed by atoms with Crippen LogP contribution in [0.25, 0.3) is 16.9 Å². The van der Waals surface area contributed by atoms with E-state index in [1.54, 1.807) is 23.8 Å². The molecule has 0 spiro atoms. The Morgan fingerprint density at radius 1 is 1.12 bits per heavy atom. The SMILES string of the molecule is CCc1cc(-c2ccc(OC)cc2)n(-c2ccc(N)cc2S(=O)(=O)O)c1. The minimum atomic E-state index is -4.43. The molecule has 7 heteroatoms. The highest BCUT2D eigenvalue weighted by atomic mass is 32.2. The zero-order valence-corrected chi connectivity index (χ0v) is 15.3. The summed E-state index contributed by atoms with van der Waals surface area (Å²) in [6, 6.07) is 13.9. The van der Waals surface area contributed by atoms with Gasteiger partial charge in [-0.3, -0.25) is 4.55 Å². The Balaban J connectivity index is 2.25. The first-order chi connectivity index (χ1) is 12.3. The van der Waals surface area contributed by atoms with E-state index in [0.717, 1.165) is 29.0 Å². The molecule has 0 unspecified atom stereocenters.